The number of benzene rings is 3. The maximum Gasteiger partial charge on any atom is 0.138 e. The van der Waals surface area contributed by atoms with E-state index in [9.17, 15) is 0 Å². The number of fused-ring (bicyclic) bond motifs is 2. The zero-order valence-corrected chi connectivity index (χ0v) is 12.3. The molecule has 0 saturated carbocycles. The van der Waals surface area contributed by atoms with Crippen LogP contribution in [0, 0.1) is 0 Å². The van der Waals surface area contributed by atoms with Crippen LogP contribution in [-0.2, 0) is 0 Å². The number of aromatic nitrogens is 1. The number of para-hydroxylation sites is 1. The first kappa shape index (κ1) is 12.8. The third kappa shape index (κ3) is 1.92. The van der Waals surface area contributed by atoms with Gasteiger partial charge in [-0.2, -0.15) is 0 Å². The summed E-state index contributed by atoms with van der Waals surface area (Å²) in [6.45, 7) is 0. The number of ether oxygens (including phenoxy) is 1. The summed E-state index contributed by atoms with van der Waals surface area (Å²) < 4.78 is 5.76. The first-order chi connectivity index (χ1) is 10.9. The zero-order chi connectivity index (χ0) is 14.9. The van der Waals surface area contributed by atoms with Gasteiger partial charge in [0.15, 0.2) is 0 Å². The van der Waals surface area contributed by atoms with Crippen molar-refractivity contribution in [3.05, 3.63) is 72.8 Å². The minimum absolute atomic E-state index is 0.889. The molecule has 0 atom stereocenters. The summed E-state index contributed by atoms with van der Waals surface area (Å²) in [6, 6.07) is 24.7. The van der Waals surface area contributed by atoms with Crippen LogP contribution in [0.15, 0.2) is 72.8 Å². The van der Waals surface area contributed by atoms with Crippen LogP contribution >= 0.6 is 0 Å². The highest BCUT2D eigenvalue weighted by Gasteiger charge is 2.13. The SMILES string of the molecule is COc1c2ccccc2nc2cccc(-c3ccccc3)c12. The van der Waals surface area contributed by atoms with Crippen molar-refractivity contribution in [2.24, 2.45) is 0 Å². The van der Waals surface area contributed by atoms with Gasteiger partial charge in [-0.25, -0.2) is 4.98 Å². The Bertz CT molecular complexity index is 961. The molecular weight excluding hydrogens is 270 g/mol. The molecule has 2 heteroatoms. The van der Waals surface area contributed by atoms with Crippen molar-refractivity contribution < 1.29 is 4.74 Å². The lowest BCUT2D eigenvalue weighted by Crippen LogP contribution is -1.92. The van der Waals surface area contributed by atoms with Crippen molar-refractivity contribution in [1.82, 2.24) is 4.98 Å². The quantitative estimate of drug-likeness (QED) is 0.480. The monoisotopic (exact) mass is 285 g/mol. The predicted octanol–water partition coefficient (Wildman–Crippen LogP) is 5.06. The van der Waals surface area contributed by atoms with E-state index in [0.29, 0.717) is 0 Å². The molecule has 0 N–H and O–H groups in total. The molecular formula is C20H15NO. The minimum atomic E-state index is 0.889. The van der Waals surface area contributed by atoms with Crippen LogP contribution in [0.3, 0.4) is 0 Å². The highest BCUT2D eigenvalue weighted by molar-refractivity contribution is 6.07. The third-order valence-corrected chi connectivity index (χ3v) is 3.95. The van der Waals surface area contributed by atoms with Gasteiger partial charge in [0, 0.05) is 5.39 Å². The molecule has 0 aliphatic heterocycles. The molecule has 0 aliphatic rings. The summed E-state index contributed by atoms with van der Waals surface area (Å²) in [5, 5.41) is 2.11. The fourth-order valence-electron chi connectivity index (χ4n) is 2.97. The molecule has 4 aromatic rings. The van der Waals surface area contributed by atoms with Gasteiger partial charge < -0.3 is 4.74 Å². The van der Waals surface area contributed by atoms with Gasteiger partial charge in [0.25, 0.3) is 0 Å². The molecule has 0 amide bonds. The van der Waals surface area contributed by atoms with Crippen LogP contribution in [0.1, 0.15) is 0 Å². The molecule has 2 nitrogen and oxygen atoms in total. The maximum atomic E-state index is 5.76. The van der Waals surface area contributed by atoms with Crippen LogP contribution < -0.4 is 4.74 Å². The lowest BCUT2D eigenvalue weighted by molar-refractivity contribution is 0.424. The fraction of sp³-hybridized carbons (Fsp3) is 0.0500. The van der Waals surface area contributed by atoms with E-state index in [2.05, 4.69) is 36.4 Å². The van der Waals surface area contributed by atoms with E-state index in [4.69, 9.17) is 9.72 Å². The second-order valence-corrected chi connectivity index (χ2v) is 5.23. The van der Waals surface area contributed by atoms with Crippen molar-refractivity contribution in [3.8, 4) is 16.9 Å². The molecule has 0 radical (unpaired) electrons. The van der Waals surface area contributed by atoms with E-state index >= 15 is 0 Å². The first-order valence-electron chi connectivity index (χ1n) is 7.29. The molecule has 0 aliphatic carbocycles. The van der Waals surface area contributed by atoms with Crippen LogP contribution in [-0.4, -0.2) is 12.1 Å². The average molecular weight is 285 g/mol. The van der Waals surface area contributed by atoms with Gasteiger partial charge in [0.2, 0.25) is 0 Å². The summed E-state index contributed by atoms with van der Waals surface area (Å²) in [5.74, 6) is 0.889. The number of hydrogen-bond acceptors (Lipinski definition) is 2. The van der Waals surface area contributed by atoms with Gasteiger partial charge in [-0.15, -0.1) is 0 Å². The lowest BCUT2D eigenvalue weighted by Gasteiger charge is -2.13. The Kier molecular flexibility index (Phi) is 3.01. The summed E-state index contributed by atoms with van der Waals surface area (Å²) in [5.41, 5.74) is 4.23. The Morgan fingerprint density at radius 3 is 2.27 bits per heavy atom. The molecule has 0 spiro atoms. The number of rotatable bonds is 2. The van der Waals surface area contributed by atoms with Gasteiger partial charge in [-0.1, -0.05) is 54.6 Å². The summed E-state index contributed by atoms with van der Waals surface area (Å²) in [6.07, 6.45) is 0. The second-order valence-electron chi connectivity index (χ2n) is 5.23. The number of methoxy groups -OCH3 is 1. The van der Waals surface area contributed by atoms with E-state index in [1.807, 2.05) is 36.4 Å². The molecule has 4 rings (SSSR count). The van der Waals surface area contributed by atoms with Gasteiger partial charge >= 0.3 is 0 Å². The van der Waals surface area contributed by atoms with Crippen LogP contribution in [0.5, 0.6) is 5.75 Å². The van der Waals surface area contributed by atoms with Crippen molar-refractivity contribution in [1.29, 1.82) is 0 Å². The average Bonchev–Trinajstić information content (AvgIpc) is 2.60. The second kappa shape index (κ2) is 5.15. The van der Waals surface area contributed by atoms with Crippen molar-refractivity contribution in [2.75, 3.05) is 7.11 Å². The Balaban J connectivity index is 2.18. The van der Waals surface area contributed by atoms with Crippen molar-refractivity contribution in [3.63, 3.8) is 0 Å². The van der Waals surface area contributed by atoms with E-state index in [-0.39, 0.29) is 0 Å². The maximum absolute atomic E-state index is 5.76. The highest BCUT2D eigenvalue weighted by atomic mass is 16.5. The smallest absolute Gasteiger partial charge is 0.138 e. The highest BCUT2D eigenvalue weighted by Crippen LogP contribution is 2.38. The van der Waals surface area contributed by atoms with E-state index in [1.165, 1.54) is 5.56 Å². The molecule has 0 saturated heterocycles. The van der Waals surface area contributed by atoms with Gasteiger partial charge in [0.05, 0.1) is 23.5 Å². The molecule has 1 aromatic heterocycles. The van der Waals surface area contributed by atoms with Crippen molar-refractivity contribution in [2.45, 2.75) is 0 Å². The number of nitrogens with zero attached hydrogens (tertiary/aromatic N) is 1. The Hall–Kier alpha value is -2.87. The molecule has 0 bridgehead atoms. The van der Waals surface area contributed by atoms with Crippen LogP contribution in [0.2, 0.25) is 0 Å². The molecule has 3 aromatic carbocycles. The topological polar surface area (TPSA) is 22.1 Å². The van der Waals surface area contributed by atoms with E-state index in [0.717, 1.165) is 33.1 Å². The molecule has 0 unspecified atom stereocenters. The van der Waals surface area contributed by atoms with Crippen LogP contribution in [0.25, 0.3) is 32.9 Å². The third-order valence-electron chi connectivity index (χ3n) is 3.95. The normalized spacial score (nSPS) is 11.0. The van der Waals surface area contributed by atoms with Gasteiger partial charge in [-0.05, 0) is 29.3 Å². The standard InChI is InChI=1S/C20H15NO/c1-22-20-16-10-5-6-12-17(16)21-18-13-7-11-15(19(18)20)14-8-3-2-4-9-14/h2-13H,1H3. The van der Waals surface area contributed by atoms with Gasteiger partial charge in [-0.3, -0.25) is 0 Å². The van der Waals surface area contributed by atoms with Crippen molar-refractivity contribution >= 4 is 21.8 Å². The minimum Gasteiger partial charge on any atom is -0.495 e. The Morgan fingerprint density at radius 2 is 1.45 bits per heavy atom. The van der Waals surface area contributed by atoms with E-state index in [1.54, 1.807) is 7.11 Å². The van der Waals surface area contributed by atoms with Gasteiger partial charge in [0.1, 0.15) is 5.75 Å². The number of hydrogen-bond donors (Lipinski definition) is 0. The van der Waals surface area contributed by atoms with E-state index < -0.39 is 0 Å². The molecule has 106 valence electrons. The summed E-state index contributed by atoms with van der Waals surface area (Å²) >= 11 is 0. The summed E-state index contributed by atoms with van der Waals surface area (Å²) in [4.78, 5) is 4.79. The first-order valence-corrected chi connectivity index (χ1v) is 7.29. The molecule has 1 heterocycles. The predicted molar refractivity (Wildman–Crippen MR) is 91.2 cm³/mol. The summed E-state index contributed by atoms with van der Waals surface area (Å²) in [7, 11) is 1.73. The van der Waals surface area contributed by atoms with Crippen LogP contribution in [0.4, 0.5) is 0 Å². The molecule has 22 heavy (non-hydrogen) atoms. The molecule has 0 fully saturated rings. The lowest BCUT2D eigenvalue weighted by atomic mass is 9.98. The largest absolute Gasteiger partial charge is 0.495 e. The fourth-order valence-corrected chi connectivity index (χ4v) is 2.97. The Morgan fingerprint density at radius 1 is 0.727 bits per heavy atom. The zero-order valence-electron chi connectivity index (χ0n) is 12.3. The Labute approximate surface area is 129 Å². The number of pyridine rings is 1.